The van der Waals surface area contributed by atoms with E-state index in [1.807, 2.05) is 12.1 Å². The van der Waals surface area contributed by atoms with E-state index in [1.165, 1.54) is 12.1 Å². The highest BCUT2D eigenvalue weighted by Crippen LogP contribution is 2.23. The van der Waals surface area contributed by atoms with Gasteiger partial charge in [-0.15, -0.1) is 0 Å². The Morgan fingerprint density at radius 1 is 1.47 bits per heavy atom. The molecule has 2 N–H and O–H groups in total. The molecule has 0 spiro atoms. The molecule has 1 aliphatic rings. The summed E-state index contributed by atoms with van der Waals surface area (Å²) in [5.41, 5.74) is 7.17. The van der Waals surface area contributed by atoms with E-state index in [0.29, 0.717) is 6.04 Å². The minimum atomic E-state index is 0.310. The Balaban J connectivity index is 2.13. The van der Waals surface area contributed by atoms with E-state index in [4.69, 9.17) is 10.5 Å². The molecule has 1 heterocycles. The fraction of sp³-hybridized carbons (Fsp3) is 0.500. The van der Waals surface area contributed by atoms with Crippen LogP contribution in [0.2, 0.25) is 0 Å². The smallest absolute Gasteiger partial charge is 0.120 e. The molecule has 0 radical (unpaired) electrons. The third-order valence-corrected chi connectivity index (χ3v) is 2.88. The van der Waals surface area contributed by atoms with Gasteiger partial charge in [0, 0.05) is 30.9 Å². The molecule has 3 heteroatoms. The Morgan fingerprint density at radius 3 is 3.07 bits per heavy atom. The number of anilines is 1. The van der Waals surface area contributed by atoms with Crippen molar-refractivity contribution in [2.24, 2.45) is 5.73 Å². The zero-order valence-electron chi connectivity index (χ0n) is 9.15. The highest BCUT2D eigenvalue weighted by Gasteiger charge is 2.16. The Bertz CT molecular complexity index is 327. The van der Waals surface area contributed by atoms with Crippen LogP contribution in [0.1, 0.15) is 12.8 Å². The first-order chi connectivity index (χ1) is 7.29. The van der Waals surface area contributed by atoms with Crippen molar-refractivity contribution in [2.45, 2.75) is 18.9 Å². The van der Waals surface area contributed by atoms with Gasteiger partial charge in [0.05, 0.1) is 7.11 Å². The van der Waals surface area contributed by atoms with E-state index >= 15 is 0 Å². The van der Waals surface area contributed by atoms with E-state index in [0.717, 1.165) is 25.3 Å². The first kappa shape index (κ1) is 10.3. The maximum Gasteiger partial charge on any atom is 0.120 e. The average molecular weight is 206 g/mol. The second-order valence-corrected chi connectivity index (χ2v) is 4.05. The molecule has 82 valence electrons. The third kappa shape index (κ3) is 2.42. The Hall–Kier alpha value is -1.22. The summed E-state index contributed by atoms with van der Waals surface area (Å²) in [6.45, 7) is 2.05. The number of benzene rings is 1. The van der Waals surface area contributed by atoms with Crippen molar-refractivity contribution in [3.63, 3.8) is 0 Å². The van der Waals surface area contributed by atoms with Gasteiger partial charge in [-0.1, -0.05) is 6.07 Å². The fourth-order valence-corrected chi connectivity index (χ4v) is 2.05. The van der Waals surface area contributed by atoms with Gasteiger partial charge in [0.1, 0.15) is 5.75 Å². The van der Waals surface area contributed by atoms with Crippen LogP contribution in [0.4, 0.5) is 5.69 Å². The first-order valence-electron chi connectivity index (χ1n) is 5.44. The largest absolute Gasteiger partial charge is 0.497 e. The van der Waals surface area contributed by atoms with E-state index < -0.39 is 0 Å². The van der Waals surface area contributed by atoms with Crippen molar-refractivity contribution >= 4 is 5.69 Å². The summed E-state index contributed by atoms with van der Waals surface area (Å²) in [6, 6.07) is 8.48. The lowest BCUT2D eigenvalue weighted by Gasteiger charge is -2.32. The van der Waals surface area contributed by atoms with Crippen molar-refractivity contribution in [2.75, 3.05) is 25.1 Å². The van der Waals surface area contributed by atoms with Gasteiger partial charge >= 0.3 is 0 Å². The summed E-state index contributed by atoms with van der Waals surface area (Å²) < 4.78 is 5.21. The molecule has 0 saturated carbocycles. The van der Waals surface area contributed by atoms with Gasteiger partial charge in [-0.05, 0) is 25.0 Å². The molecule has 1 atom stereocenters. The van der Waals surface area contributed by atoms with Gasteiger partial charge in [-0.2, -0.15) is 0 Å². The zero-order valence-corrected chi connectivity index (χ0v) is 9.15. The number of rotatable bonds is 2. The number of piperidine rings is 1. The predicted molar refractivity (Wildman–Crippen MR) is 62.4 cm³/mol. The van der Waals surface area contributed by atoms with Crippen molar-refractivity contribution in [1.29, 1.82) is 0 Å². The molecule has 0 aromatic heterocycles. The number of nitrogens with two attached hydrogens (primary N) is 1. The zero-order chi connectivity index (χ0) is 10.7. The molecular formula is C12H18N2O. The molecular weight excluding hydrogens is 188 g/mol. The van der Waals surface area contributed by atoms with Crippen LogP contribution in [0.15, 0.2) is 24.3 Å². The normalized spacial score (nSPS) is 21.5. The Labute approximate surface area is 90.8 Å². The molecule has 0 amide bonds. The van der Waals surface area contributed by atoms with Crippen molar-refractivity contribution in [3.05, 3.63) is 24.3 Å². The molecule has 0 aliphatic carbocycles. The number of ether oxygens (including phenoxy) is 1. The third-order valence-electron chi connectivity index (χ3n) is 2.88. The number of hydrogen-bond acceptors (Lipinski definition) is 3. The lowest BCUT2D eigenvalue weighted by atomic mass is 10.1. The van der Waals surface area contributed by atoms with Crippen molar-refractivity contribution in [3.8, 4) is 5.75 Å². The Kier molecular flexibility index (Phi) is 3.11. The SMILES string of the molecule is COc1cccc(N2CCC[C@@H](N)C2)c1. The van der Waals surface area contributed by atoms with Crippen LogP contribution in [0.3, 0.4) is 0 Å². The van der Waals surface area contributed by atoms with Crippen LogP contribution in [0, 0.1) is 0 Å². The maximum atomic E-state index is 5.96. The van der Waals surface area contributed by atoms with Crippen molar-refractivity contribution < 1.29 is 4.74 Å². The topological polar surface area (TPSA) is 38.5 Å². The molecule has 2 rings (SSSR count). The fourth-order valence-electron chi connectivity index (χ4n) is 2.05. The standard InChI is InChI=1S/C12H18N2O/c1-15-12-6-2-5-11(8-12)14-7-3-4-10(13)9-14/h2,5-6,8,10H,3-4,7,9,13H2,1H3/t10-/m1/s1. The minimum absolute atomic E-state index is 0.310. The quantitative estimate of drug-likeness (QED) is 0.799. The van der Waals surface area contributed by atoms with Gasteiger partial charge in [0.25, 0.3) is 0 Å². The minimum Gasteiger partial charge on any atom is -0.497 e. The van der Waals surface area contributed by atoms with Crippen LogP contribution < -0.4 is 15.4 Å². The molecule has 0 unspecified atom stereocenters. The van der Waals surface area contributed by atoms with Gasteiger partial charge in [-0.25, -0.2) is 0 Å². The summed E-state index contributed by atoms with van der Waals surface area (Å²) >= 11 is 0. The molecule has 1 saturated heterocycles. The summed E-state index contributed by atoms with van der Waals surface area (Å²) in [5.74, 6) is 0.909. The molecule has 3 nitrogen and oxygen atoms in total. The molecule has 1 aromatic rings. The lowest BCUT2D eigenvalue weighted by molar-refractivity contribution is 0.414. The second kappa shape index (κ2) is 4.53. The maximum absolute atomic E-state index is 5.96. The molecule has 0 bridgehead atoms. The van der Waals surface area contributed by atoms with Gasteiger partial charge in [0.15, 0.2) is 0 Å². The predicted octanol–water partition coefficient (Wildman–Crippen LogP) is 1.62. The molecule has 1 aromatic carbocycles. The second-order valence-electron chi connectivity index (χ2n) is 4.05. The number of nitrogens with zero attached hydrogens (tertiary/aromatic N) is 1. The van der Waals surface area contributed by atoms with E-state index in [2.05, 4.69) is 17.0 Å². The van der Waals surface area contributed by atoms with Crippen LogP contribution in [-0.2, 0) is 0 Å². The number of hydrogen-bond donors (Lipinski definition) is 1. The van der Waals surface area contributed by atoms with Crippen molar-refractivity contribution in [1.82, 2.24) is 0 Å². The highest BCUT2D eigenvalue weighted by molar-refractivity contribution is 5.51. The van der Waals surface area contributed by atoms with Gasteiger partial charge < -0.3 is 15.4 Å². The average Bonchev–Trinajstić information content (AvgIpc) is 2.29. The highest BCUT2D eigenvalue weighted by atomic mass is 16.5. The first-order valence-corrected chi connectivity index (χ1v) is 5.44. The van der Waals surface area contributed by atoms with E-state index in [1.54, 1.807) is 7.11 Å². The van der Waals surface area contributed by atoms with Crippen LogP contribution >= 0.6 is 0 Å². The summed E-state index contributed by atoms with van der Waals surface area (Å²) in [4.78, 5) is 2.33. The van der Waals surface area contributed by atoms with Crippen LogP contribution in [-0.4, -0.2) is 26.2 Å². The molecule has 15 heavy (non-hydrogen) atoms. The monoisotopic (exact) mass is 206 g/mol. The summed E-state index contributed by atoms with van der Waals surface area (Å²) in [7, 11) is 1.70. The number of methoxy groups -OCH3 is 1. The van der Waals surface area contributed by atoms with Gasteiger partial charge in [-0.3, -0.25) is 0 Å². The lowest BCUT2D eigenvalue weighted by Crippen LogP contribution is -2.42. The molecule has 1 aliphatic heterocycles. The van der Waals surface area contributed by atoms with Crippen LogP contribution in [0.5, 0.6) is 5.75 Å². The van der Waals surface area contributed by atoms with Gasteiger partial charge in [0.2, 0.25) is 0 Å². The summed E-state index contributed by atoms with van der Waals surface area (Å²) in [6.07, 6.45) is 2.32. The Morgan fingerprint density at radius 2 is 2.33 bits per heavy atom. The van der Waals surface area contributed by atoms with E-state index in [9.17, 15) is 0 Å². The van der Waals surface area contributed by atoms with E-state index in [-0.39, 0.29) is 0 Å². The van der Waals surface area contributed by atoms with Crippen LogP contribution in [0.25, 0.3) is 0 Å². The summed E-state index contributed by atoms with van der Waals surface area (Å²) in [5, 5.41) is 0. The molecule has 1 fully saturated rings.